The number of fused-ring (bicyclic) bond motifs is 1. The lowest BCUT2D eigenvalue weighted by Gasteiger charge is -2.23. The van der Waals surface area contributed by atoms with E-state index >= 15 is 0 Å². The number of pyridine rings is 1. The smallest absolute Gasteiger partial charge is 0.255 e. The van der Waals surface area contributed by atoms with Gasteiger partial charge in [0, 0.05) is 18.9 Å². The highest BCUT2D eigenvalue weighted by Crippen LogP contribution is 2.44. The lowest BCUT2D eigenvalue weighted by atomic mass is 10.1. The second kappa shape index (κ2) is 8.74. The van der Waals surface area contributed by atoms with Crippen molar-refractivity contribution in [3.8, 4) is 22.8 Å². The molecule has 0 radical (unpaired) electrons. The zero-order chi connectivity index (χ0) is 23.8. The van der Waals surface area contributed by atoms with E-state index in [1.807, 2.05) is 20.8 Å². The first-order chi connectivity index (χ1) is 15.8. The van der Waals surface area contributed by atoms with Crippen LogP contribution in [-0.2, 0) is 4.74 Å². The molecule has 3 N–H and O–H groups in total. The molecule has 0 fully saturated rings. The topological polar surface area (TPSA) is 97.5 Å². The van der Waals surface area contributed by atoms with Gasteiger partial charge in [0.25, 0.3) is 5.91 Å². The van der Waals surface area contributed by atoms with Gasteiger partial charge < -0.3 is 29.8 Å². The van der Waals surface area contributed by atoms with Crippen molar-refractivity contribution in [1.29, 1.82) is 0 Å². The highest BCUT2D eigenvalue weighted by Gasteiger charge is 2.34. The molecule has 33 heavy (non-hydrogen) atoms. The number of hydrogen-bond donors (Lipinski definition) is 3. The fraction of sp³-hybridized carbons (Fsp3) is 0.333. The first-order valence-electron chi connectivity index (χ1n) is 10.5. The van der Waals surface area contributed by atoms with Crippen LogP contribution in [0.3, 0.4) is 0 Å². The zero-order valence-electron chi connectivity index (χ0n) is 19.2. The molecule has 4 rings (SSSR count). The van der Waals surface area contributed by atoms with E-state index in [-0.39, 0.29) is 17.7 Å². The number of rotatable bonds is 8. The van der Waals surface area contributed by atoms with Crippen LogP contribution in [0.15, 0.2) is 36.7 Å². The van der Waals surface area contributed by atoms with Gasteiger partial charge >= 0.3 is 0 Å². The largest absolute Gasteiger partial charge is 0.492 e. The second-order valence-electron chi connectivity index (χ2n) is 8.43. The Morgan fingerprint density at radius 1 is 1.24 bits per heavy atom. The van der Waals surface area contributed by atoms with E-state index in [0.29, 0.717) is 40.6 Å². The van der Waals surface area contributed by atoms with Crippen molar-refractivity contribution < 1.29 is 23.4 Å². The van der Waals surface area contributed by atoms with Gasteiger partial charge in [0.1, 0.15) is 12.4 Å². The lowest BCUT2D eigenvalue weighted by molar-refractivity contribution is -0.0146. The van der Waals surface area contributed by atoms with Gasteiger partial charge in [-0.2, -0.15) is 0 Å². The molecular weight excluding hydrogens is 427 g/mol. The molecule has 1 atom stereocenters. The number of carbonyl (C=O) groups excluding carboxylic acids is 1. The number of nitrogens with zero attached hydrogens (tertiary/aromatic N) is 1. The van der Waals surface area contributed by atoms with Gasteiger partial charge in [0.15, 0.2) is 11.6 Å². The average molecular weight is 455 g/mol. The minimum absolute atomic E-state index is 0.0536. The van der Waals surface area contributed by atoms with E-state index in [2.05, 4.69) is 20.6 Å². The molecule has 0 aliphatic carbocycles. The third-order valence-electron chi connectivity index (χ3n) is 5.65. The summed E-state index contributed by atoms with van der Waals surface area (Å²) in [6.45, 7) is 6.02. The number of H-pyrrole nitrogens is 1. The molecule has 1 aliphatic heterocycles. The van der Waals surface area contributed by atoms with Crippen molar-refractivity contribution in [2.45, 2.75) is 32.4 Å². The van der Waals surface area contributed by atoms with Crippen molar-refractivity contribution >= 4 is 17.3 Å². The van der Waals surface area contributed by atoms with E-state index in [0.717, 1.165) is 5.69 Å². The van der Waals surface area contributed by atoms with Gasteiger partial charge in [-0.1, -0.05) is 6.07 Å². The van der Waals surface area contributed by atoms with Gasteiger partial charge in [-0.3, -0.25) is 9.78 Å². The lowest BCUT2D eigenvalue weighted by Crippen LogP contribution is -2.30. The minimum atomic E-state index is -0.510. The highest BCUT2D eigenvalue weighted by atomic mass is 19.1. The first-order valence-corrected chi connectivity index (χ1v) is 10.5. The predicted octanol–water partition coefficient (Wildman–Crippen LogP) is 4.58. The maximum absolute atomic E-state index is 14.3. The maximum Gasteiger partial charge on any atom is 0.255 e. The Hall–Kier alpha value is -3.59. The van der Waals surface area contributed by atoms with E-state index in [9.17, 15) is 9.18 Å². The summed E-state index contributed by atoms with van der Waals surface area (Å²) in [4.78, 5) is 20.4. The Morgan fingerprint density at radius 3 is 2.76 bits per heavy atom. The van der Waals surface area contributed by atoms with Gasteiger partial charge in [0.05, 0.1) is 53.3 Å². The van der Waals surface area contributed by atoms with Crippen molar-refractivity contribution in [3.05, 3.63) is 53.7 Å². The third-order valence-corrected chi connectivity index (χ3v) is 5.65. The van der Waals surface area contributed by atoms with E-state index in [4.69, 9.17) is 14.2 Å². The maximum atomic E-state index is 14.3. The molecule has 8 nitrogen and oxygen atoms in total. The monoisotopic (exact) mass is 454 g/mol. The Kier molecular flexibility index (Phi) is 5.99. The number of benzene rings is 1. The molecule has 0 saturated heterocycles. The predicted molar refractivity (Wildman–Crippen MR) is 123 cm³/mol. The molecule has 0 saturated carbocycles. The van der Waals surface area contributed by atoms with Crippen LogP contribution in [0.5, 0.6) is 11.5 Å². The molecular formula is C24H27FN4O4. The molecule has 1 aliphatic rings. The van der Waals surface area contributed by atoms with Crippen molar-refractivity contribution in [3.63, 3.8) is 0 Å². The molecule has 0 unspecified atom stereocenters. The quantitative estimate of drug-likeness (QED) is 0.461. The summed E-state index contributed by atoms with van der Waals surface area (Å²) >= 11 is 0. The van der Waals surface area contributed by atoms with Crippen molar-refractivity contribution in [2.75, 3.05) is 26.1 Å². The summed E-state index contributed by atoms with van der Waals surface area (Å²) in [5, 5.41) is 6.11. The number of halogens is 1. The second-order valence-corrected chi connectivity index (χ2v) is 8.43. The summed E-state index contributed by atoms with van der Waals surface area (Å²) in [6.07, 6.45) is 3.26. The fourth-order valence-electron chi connectivity index (χ4n) is 3.71. The summed E-state index contributed by atoms with van der Waals surface area (Å²) in [5.41, 5.74) is 2.90. The Bertz CT molecular complexity index is 1190. The van der Waals surface area contributed by atoms with Gasteiger partial charge in [-0.05, 0) is 39.0 Å². The molecule has 9 heteroatoms. The van der Waals surface area contributed by atoms with Crippen molar-refractivity contribution in [2.24, 2.45) is 0 Å². The summed E-state index contributed by atoms with van der Waals surface area (Å²) in [7, 11) is 3.02. The number of hydrogen-bond acceptors (Lipinski definition) is 6. The number of para-hydroxylation sites is 1. The Morgan fingerprint density at radius 2 is 2.03 bits per heavy atom. The fourth-order valence-corrected chi connectivity index (χ4v) is 3.71. The summed E-state index contributed by atoms with van der Waals surface area (Å²) in [5.74, 6) is -0.165. The number of methoxy groups -OCH3 is 2. The number of aromatic amines is 1. The van der Waals surface area contributed by atoms with Crippen LogP contribution in [-0.4, -0.2) is 42.3 Å². The number of anilines is 2. The number of ether oxygens (including phenoxy) is 3. The molecule has 0 spiro atoms. The van der Waals surface area contributed by atoms with Crippen LogP contribution in [0, 0.1) is 5.82 Å². The average Bonchev–Trinajstić information content (AvgIpc) is 3.30. The molecule has 1 amide bonds. The molecule has 1 aromatic carbocycles. The van der Waals surface area contributed by atoms with Crippen LogP contribution in [0.4, 0.5) is 15.8 Å². The number of aromatic nitrogens is 2. The third kappa shape index (κ3) is 4.23. The van der Waals surface area contributed by atoms with Crippen LogP contribution in [0.2, 0.25) is 0 Å². The SMILES string of the molecule is COc1c(F)cccc1Nc1c(-c2ccncc2OCC(C)(C)OC)[nH]c2c1C(=O)N[C@@H]2C. The molecule has 174 valence electrons. The molecule has 0 bridgehead atoms. The molecule has 2 aromatic heterocycles. The number of nitrogens with one attached hydrogen (secondary N) is 3. The van der Waals surface area contributed by atoms with Crippen molar-refractivity contribution in [1.82, 2.24) is 15.3 Å². The zero-order valence-corrected chi connectivity index (χ0v) is 19.2. The summed E-state index contributed by atoms with van der Waals surface area (Å²) in [6, 6.07) is 6.16. The molecule has 3 aromatic rings. The van der Waals surface area contributed by atoms with Crippen LogP contribution in [0.25, 0.3) is 11.3 Å². The Balaban J connectivity index is 1.83. The van der Waals surface area contributed by atoms with Gasteiger partial charge in [-0.25, -0.2) is 4.39 Å². The van der Waals surface area contributed by atoms with E-state index in [1.165, 1.54) is 13.2 Å². The molecule has 3 heterocycles. The number of carbonyl (C=O) groups is 1. The highest BCUT2D eigenvalue weighted by molar-refractivity contribution is 6.08. The van der Waals surface area contributed by atoms with Crippen LogP contribution in [0.1, 0.15) is 42.9 Å². The van der Waals surface area contributed by atoms with Gasteiger partial charge in [-0.15, -0.1) is 0 Å². The standard InChI is InChI=1S/C24H27FN4O4/c1-13-19-18(23(30)27-13)21(28-16-8-6-7-15(25)22(16)31-4)20(29-19)14-9-10-26-11-17(14)33-12-24(2,3)32-5/h6-11,13,28-29H,12H2,1-5H3,(H,27,30)/t13-/m1/s1. The number of amides is 1. The Labute approximate surface area is 191 Å². The minimum Gasteiger partial charge on any atom is -0.492 e. The summed E-state index contributed by atoms with van der Waals surface area (Å²) < 4.78 is 31.1. The van der Waals surface area contributed by atoms with Crippen LogP contribution < -0.4 is 20.1 Å². The normalized spacial score (nSPS) is 15.2. The van der Waals surface area contributed by atoms with E-state index < -0.39 is 11.4 Å². The van der Waals surface area contributed by atoms with Gasteiger partial charge in [0.2, 0.25) is 0 Å². The van der Waals surface area contributed by atoms with Crippen LogP contribution >= 0.6 is 0 Å². The first kappa shape index (κ1) is 22.6. The van der Waals surface area contributed by atoms with E-state index in [1.54, 1.807) is 37.7 Å².